The number of halogens is 4. The predicted molar refractivity (Wildman–Crippen MR) is 80.7 cm³/mol. The third-order valence-electron chi connectivity index (χ3n) is 3.01. The maximum atomic E-state index is 12.5. The highest BCUT2D eigenvalue weighted by Crippen LogP contribution is 2.29. The topological polar surface area (TPSA) is 69.6 Å². The van der Waals surface area contributed by atoms with Crippen LogP contribution in [-0.2, 0) is 6.18 Å². The van der Waals surface area contributed by atoms with E-state index >= 15 is 0 Å². The van der Waals surface area contributed by atoms with Crippen LogP contribution < -0.4 is 10.8 Å². The molecule has 0 bridgehead atoms. The lowest BCUT2D eigenvalue weighted by atomic mass is 9.79. The summed E-state index contributed by atoms with van der Waals surface area (Å²) in [5.74, 6) is -0.622. The van der Waals surface area contributed by atoms with E-state index in [0.717, 1.165) is 24.3 Å². The number of nitrogens with one attached hydrogen (secondary N) is 1. The highest BCUT2D eigenvalue weighted by Gasteiger charge is 2.30. The average molecular weight is 343 g/mol. The molecule has 0 unspecified atom stereocenters. The molecule has 0 atom stereocenters. The van der Waals surface area contributed by atoms with E-state index in [1.807, 2.05) is 0 Å². The molecule has 23 heavy (non-hydrogen) atoms. The van der Waals surface area contributed by atoms with Gasteiger partial charge >= 0.3 is 13.3 Å². The fourth-order valence-corrected chi connectivity index (χ4v) is 2.04. The monoisotopic (exact) mass is 343 g/mol. The van der Waals surface area contributed by atoms with E-state index in [1.54, 1.807) is 0 Å². The summed E-state index contributed by atoms with van der Waals surface area (Å²) in [5.41, 5.74) is -0.624. The van der Waals surface area contributed by atoms with E-state index in [2.05, 4.69) is 5.32 Å². The second-order valence-electron chi connectivity index (χ2n) is 4.64. The van der Waals surface area contributed by atoms with Crippen molar-refractivity contribution in [3.8, 4) is 0 Å². The smallest absolute Gasteiger partial charge is 0.423 e. The highest BCUT2D eigenvalue weighted by molar-refractivity contribution is 6.62. The van der Waals surface area contributed by atoms with Crippen molar-refractivity contribution in [1.82, 2.24) is 0 Å². The molecule has 0 saturated heterocycles. The van der Waals surface area contributed by atoms with Gasteiger partial charge in [-0.3, -0.25) is 4.79 Å². The molecule has 4 nitrogen and oxygen atoms in total. The molecule has 2 rings (SSSR count). The van der Waals surface area contributed by atoms with E-state index < -0.39 is 24.8 Å². The lowest BCUT2D eigenvalue weighted by molar-refractivity contribution is -0.137. The van der Waals surface area contributed by atoms with Gasteiger partial charge in [0.05, 0.1) is 5.56 Å². The number of anilines is 1. The molecule has 0 aliphatic rings. The Hall–Kier alpha value is -2.03. The first-order valence-corrected chi connectivity index (χ1v) is 6.70. The number of hydrogen-bond donors (Lipinski definition) is 3. The molecule has 0 radical (unpaired) electrons. The van der Waals surface area contributed by atoms with E-state index in [0.29, 0.717) is 0 Å². The minimum absolute atomic E-state index is 0.0493. The molecule has 0 aliphatic heterocycles. The maximum absolute atomic E-state index is 12.5. The zero-order chi connectivity index (χ0) is 17.2. The van der Waals surface area contributed by atoms with Crippen LogP contribution in [0.4, 0.5) is 18.9 Å². The lowest BCUT2D eigenvalue weighted by Gasteiger charge is -2.10. The van der Waals surface area contributed by atoms with E-state index in [4.69, 9.17) is 21.6 Å². The molecule has 2 aromatic carbocycles. The van der Waals surface area contributed by atoms with Crippen LogP contribution in [0.2, 0.25) is 5.02 Å². The zero-order valence-corrected chi connectivity index (χ0v) is 12.2. The van der Waals surface area contributed by atoms with Gasteiger partial charge in [-0.1, -0.05) is 11.6 Å². The molecule has 2 aromatic rings. The third-order valence-corrected chi connectivity index (χ3v) is 3.35. The average Bonchev–Trinajstić information content (AvgIpc) is 2.47. The standard InChI is InChI=1S/C14H10BClF3NO3/c16-12-6-1-8(7-11(12)15(22)23)13(21)20-10-4-2-9(3-5-10)14(17,18)19/h1-7,22-23H,(H,20,21). The van der Waals surface area contributed by atoms with Gasteiger partial charge in [-0.2, -0.15) is 13.2 Å². The SMILES string of the molecule is O=C(Nc1ccc(C(F)(F)F)cc1)c1ccc(Cl)c(B(O)O)c1. The van der Waals surface area contributed by atoms with Gasteiger partial charge in [0.25, 0.3) is 5.91 Å². The Bertz CT molecular complexity index is 720. The minimum atomic E-state index is -4.45. The zero-order valence-electron chi connectivity index (χ0n) is 11.4. The summed E-state index contributed by atoms with van der Waals surface area (Å²) in [6.07, 6.45) is -4.45. The predicted octanol–water partition coefficient (Wildman–Crippen LogP) is 2.29. The van der Waals surface area contributed by atoms with Crippen molar-refractivity contribution in [3.05, 3.63) is 58.6 Å². The summed E-state index contributed by atoms with van der Waals surface area (Å²) < 4.78 is 37.4. The Kier molecular flexibility index (Phi) is 4.98. The number of rotatable bonds is 3. The van der Waals surface area contributed by atoms with Gasteiger partial charge in [0.1, 0.15) is 0 Å². The summed E-state index contributed by atoms with van der Waals surface area (Å²) in [6.45, 7) is 0. The van der Waals surface area contributed by atoms with Crippen molar-refractivity contribution in [1.29, 1.82) is 0 Å². The first kappa shape index (κ1) is 17.3. The number of hydrogen-bond acceptors (Lipinski definition) is 3. The lowest BCUT2D eigenvalue weighted by Crippen LogP contribution is -2.32. The Morgan fingerprint density at radius 2 is 1.70 bits per heavy atom. The largest absolute Gasteiger partial charge is 0.489 e. The first-order valence-electron chi connectivity index (χ1n) is 6.32. The second kappa shape index (κ2) is 6.61. The van der Waals surface area contributed by atoms with Crippen LogP contribution >= 0.6 is 11.6 Å². The minimum Gasteiger partial charge on any atom is -0.423 e. The third kappa shape index (κ3) is 4.25. The first-order chi connectivity index (χ1) is 10.7. The van der Waals surface area contributed by atoms with Crippen LogP contribution in [0.1, 0.15) is 15.9 Å². The fourth-order valence-electron chi connectivity index (χ4n) is 1.83. The number of carbonyl (C=O) groups excluding carboxylic acids is 1. The van der Waals surface area contributed by atoms with Crippen molar-refractivity contribution in [2.24, 2.45) is 0 Å². The number of benzene rings is 2. The molecule has 3 N–H and O–H groups in total. The fraction of sp³-hybridized carbons (Fsp3) is 0.0714. The second-order valence-corrected chi connectivity index (χ2v) is 5.05. The van der Waals surface area contributed by atoms with Crippen molar-refractivity contribution >= 4 is 35.8 Å². The van der Waals surface area contributed by atoms with Crippen LogP contribution in [0, 0.1) is 0 Å². The summed E-state index contributed by atoms with van der Waals surface area (Å²) in [7, 11) is -1.85. The van der Waals surface area contributed by atoms with Crippen molar-refractivity contribution < 1.29 is 28.0 Å². The quantitative estimate of drug-likeness (QED) is 0.749. The number of alkyl halides is 3. The van der Waals surface area contributed by atoms with E-state index in [-0.39, 0.29) is 21.7 Å². The molecule has 9 heteroatoms. The van der Waals surface area contributed by atoms with E-state index in [9.17, 15) is 18.0 Å². The van der Waals surface area contributed by atoms with Crippen LogP contribution in [-0.4, -0.2) is 23.1 Å². The van der Waals surface area contributed by atoms with Crippen LogP contribution in [0.3, 0.4) is 0 Å². The Morgan fingerprint density at radius 3 is 2.22 bits per heavy atom. The molecule has 120 valence electrons. The van der Waals surface area contributed by atoms with Gasteiger partial charge in [0, 0.05) is 21.7 Å². The van der Waals surface area contributed by atoms with Gasteiger partial charge in [-0.25, -0.2) is 0 Å². The van der Waals surface area contributed by atoms with Crippen molar-refractivity contribution in [2.45, 2.75) is 6.18 Å². The Morgan fingerprint density at radius 1 is 1.09 bits per heavy atom. The van der Waals surface area contributed by atoms with E-state index in [1.165, 1.54) is 18.2 Å². The van der Waals surface area contributed by atoms with Crippen molar-refractivity contribution in [2.75, 3.05) is 5.32 Å². The Labute approximate surface area is 134 Å². The van der Waals surface area contributed by atoms with Crippen molar-refractivity contribution in [3.63, 3.8) is 0 Å². The summed E-state index contributed by atoms with van der Waals surface area (Å²) in [4.78, 5) is 12.0. The highest BCUT2D eigenvalue weighted by atomic mass is 35.5. The van der Waals surface area contributed by atoms with Crippen LogP contribution in [0.25, 0.3) is 0 Å². The molecule has 0 fully saturated rings. The van der Waals surface area contributed by atoms with Gasteiger partial charge in [0.15, 0.2) is 0 Å². The summed E-state index contributed by atoms with van der Waals surface area (Å²) >= 11 is 5.76. The van der Waals surface area contributed by atoms with Crippen LogP contribution in [0.15, 0.2) is 42.5 Å². The molecule has 0 aliphatic carbocycles. The normalized spacial score (nSPS) is 11.2. The van der Waals surface area contributed by atoms with Gasteiger partial charge < -0.3 is 15.4 Å². The maximum Gasteiger partial charge on any atom is 0.489 e. The number of amides is 1. The molecular formula is C14H10BClF3NO3. The molecule has 0 aromatic heterocycles. The summed E-state index contributed by atoms with van der Waals surface area (Å²) in [5, 5.41) is 20.8. The van der Waals surface area contributed by atoms with Gasteiger partial charge in [0.2, 0.25) is 0 Å². The molecule has 1 amide bonds. The van der Waals surface area contributed by atoms with Crippen LogP contribution in [0.5, 0.6) is 0 Å². The summed E-state index contributed by atoms with van der Waals surface area (Å²) in [6, 6.07) is 7.80. The van der Waals surface area contributed by atoms with Gasteiger partial charge in [-0.05, 0) is 42.5 Å². The molecular weight excluding hydrogens is 333 g/mol. The molecule has 0 saturated carbocycles. The Balaban J connectivity index is 2.18. The molecule has 0 spiro atoms. The van der Waals surface area contributed by atoms with Gasteiger partial charge in [-0.15, -0.1) is 0 Å². The number of carbonyl (C=O) groups is 1. The molecule has 0 heterocycles.